The van der Waals surface area contributed by atoms with Gasteiger partial charge >= 0.3 is 0 Å². The number of rotatable bonds is 6. The molecule has 0 aliphatic rings. The van der Waals surface area contributed by atoms with Gasteiger partial charge in [-0.1, -0.05) is 33.8 Å². The van der Waals surface area contributed by atoms with Crippen LogP contribution in [0.25, 0.3) is 0 Å². The third kappa shape index (κ3) is 4.42. The highest BCUT2D eigenvalue weighted by molar-refractivity contribution is 7.10. The van der Waals surface area contributed by atoms with Gasteiger partial charge in [-0.15, -0.1) is 11.3 Å². The minimum Gasteiger partial charge on any atom is -0.341 e. The fourth-order valence-corrected chi connectivity index (χ4v) is 2.64. The molecular formula is C14H24N2OS. The second kappa shape index (κ2) is 6.90. The Balaban J connectivity index is 2.74. The van der Waals surface area contributed by atoms with Crippen molar-refractivity contribution in [1.29, 1.82) is 0 Å². The molecule has 1 aromatic heterocycles. The van der Waals surface area contributed by atoms with E-state index in [2.05, 4.69) is 27.7 Å². The van der Waals surface area contributed by atoms with Crippen molar-refractivity contribution in [3.63, 3.8) is 0 Å². The molecule has 0 bridgehead atoms. The molecule has 2 N–H and O–H groups in total. The van der Waals surface area contributed by atoms with E-state index in [1.165, 1.54) is 0 Å². The first kappa shape index (κ1) is 15.2. The molecule has 0 saturated heterocycles. The quantitative estimate of drug-likeness (QED) is 0.862. The van der Waals surface area contributed by atoms with Crippen molar-refractivity contribution < 1.29 is 4.79 Å². The van der Waals surface area contributed by atoms with E-state index in [4.69, 9.17) is 5.73 Å². The van der Waals surface area contributed by atoms with Crippen molar-refractivity contribution in [2.45, 2.75) is 33.7 Å². The van der Waals surface area contributed by atoms with Crippen LogP contribution in [0.3, 0.4) is 0 Å². The summed E-state index contributed by atoms with van der Waals surface area (Å²) in [5.41, 5.74) is 6.05. The second-order valence-electron chi connectivity index (χ2n) is 5.52. The molecular weight excluding hydrogens is 244 g/mol. The zero-order chi connectivity index (χ0) is 13.7. The molecule has 4 heteroatoms. The van der Waals surface area contributed by atoms with E-state index in [1.54, 1.807) is 11.3 Å². The molecule has 1 amide bonds. The summed E-state index contributed by atoms with van der Waals surface area (Å²) in [6, 6.07) is 3.35. The lowest BCUT2D eigenvalue weighted by Crippen LogP contribution is -2.42. The fourth-order valence-electron chi connectivity index (χ4n) is 1.92. The Kier molecular flexibility index (Phi) is 5.82. The summed E-state index contributed by atoms with van der Waals surface area (Å²) in [7, 11) is 0. The zero-order valence-electron chi connectivity index (χ0n) is 11.7. The number of amides is 1. The Bertz CT molecular complexity index is 350. The molecule has 1 aromatic rings. The maximum atomic E-state index is 12.4. The van der Waals surface area contributed by atoms with Crippen molar-refractivity contribution in [3.8, 4) is 0 Å². The van der Waals surface area contributed by atoms with Crippen molar-refractivity contribution >= 4 is 17.2 Å². The second-order valence-corrected chi connectivity index (χ2v) is 6.50. The SMILES string of the molecule is CC(C)CN(CC(C)C)C(=O)C(N)c1cccs1. The van der Waals surface area contributed by atoms with Gasteiger partial charge in [0.1, 0.15) is 6.04 Å². The Morgan fingerprint density at radius 3 is 2.22 bits per heavy atom. The molecule has 0 aliphatic heterocycles. The van der Waals surface area contributed by atoms with Crippen LogP contribution in [0.1, 0.15) is 38.6 Å². The molecule has 3 nitrogen and oxygen atoms in total. The molecule has 102 valence electrons. The van der Waals surface area contributed by atoms with Gasteiger partial charge in [0, 0.05) is 18.0 Å². The van der Waals surface area contributed by atoms with E-state index in [1.807, 2.05) is 22.4 Å². The van der Waals surface area contributed by atoms with Crippen LogP contribution in [0.5, 0.6) is 0 Å². The molecule has 1 rings (SSSR count). The van der Waals surface area contributed by atoms with Crippen LogP contribution in [-0.4, -0.2) is 23.9 Å². The molecule has 0 aliphatic carbocycles. The number of carbonyl (C=O) groups is 1. The predicted molar refractivity (Wildman–Crippen MR) is 77.5 cm³/mol. The molecule has 0 saturated carbocycles. The number of thiophene rings is 1. The number of hydrogen-bond acceptors (Lipinski definition) is 3. The zero-order valence-corrected chi connectivity index (χ0v) is 12.5. The van der Waals surface area contributed by atoms with Crippen molar-refractivity contribution in [1.82, 2.24) is 4.90 Å². The van der Waals surface area contributed by atoms with Gasteiger partial charge < -0.3 is 10.6 Å². The highest BCUT2D eigenvalue weighted by atomic mass is 32.1. The third-order valence-electron chi connectivity index (χ3n) is 2.60. The average molecular weight is 268 g/mol. The van der Waals surface area contributed by atoms with Crippen LogP contribution in [0.15, 0.2) is 17.5 Å². The lowest BCUT2D eigenvalue weighted by Gasteiger charge is -2.28. The van der Waals surface area contributed by atoms with Gasteiger partial charge in [-0.05, 0) is 23.3 Å². The van der Waals surface area contributed by atoms with Gasteiger partial charge in [-0.2, -0.15) is 0 Å². The van der Waals surface area contributed by atoms with Crippen molar-refractivity contribution in [2.24, 2.45) is 17.6 Å². The minimum absolute atomic E-state index is 0.0415. The van der Waals surface area contributed by atoms with Gasteiger partial charge in [0.2, 0.25) is 5.91 Å². The van der Waals surface area contributed by atoms with Crippen LogP contribution < -0.4 is 5.73 Å². The molecule has 1 atom stereocenters. The lowest BCUT2D eigenvalue weighted by atomic mass is 10.1. The highest BCUT2D eigenvalue weighted by Gasteiger charge is 2.24. The van der Waals surface area contributed by atoms with E-state index in [9.17, 15) is 4.79 Å². The van der Waals surface area contributed by atoms with Crippen molar-refractivity contribution in [3.05, 3.63) is 22.4 Å². The lowest BCUT2D eigenvalue weighted by molar-refractivity contribution is -0.133. The number of hydrogen-bond donors (Lipinski definition) is 1. The Morgan fingerprint density at radius 1 is 1.28 bits per heavy atom. The molecule has 0 spiro atoms. The van der Waals surface area contributed by atoms with E-state index >= 15 is 0 Å². The van der Waals surface area contributed by atoms with Crippen LogP contribution in [0, 0.1) is 11.8 Å². The normalized spacial score (nSPS) is 13.1. The standard InChI is InChI=1S/C14H24N2OS/c1-10(2)8-16(9-11(3)4)14(17)13(15)12-6-5-7-18-12/h5-7,10-11,13H,8-9,15H2,1-4H3. The number of nitrogens with two attached hydrogens (primary N) is 1. The van der Waals surface area contributed by atoms with Gasteiger partial charge in [0.25, 0.3) is 0 Å². The van der Waals surface area contributed by atoms with Gasteiger partial charge in [0.05, 0.1) is 0 Å². The fraction of sp³-hybridized carbons (Fsp3) is 0.643. The smallest absolute Gasteiger partial charge is 0.244 e. The van der Waals surface area contributed by atoms with Crippen LogP contribution in [0.4, 0.5) is 0 Å². The monoisotopic (exact) mass is 268 g/mol. The maximum absolute atomic E-state index is 12.4. The van der Waals surface area contributed by atoms with E-state index in [-0.39, 0.29) is 5.91 Å². The van der Waals surface area contributed by atoms with Crippen LogP contribution >= 0.6 is 11.3 Å². The molecule has 0 aromatic carbocycles. The summed E-state index contributed by atoms with van der Waals surface area (Å²) < 4.78 is 0. The molecule has 18 heavy (non-hydrogen) atoms. The largest absolute Gasteiger partial charge is 0.341 e. The summed E-state index contributed by atoms with van der Waals surface area (Å²) in [4.78, 5) is 15.3. The van der Waals surface area contributed by atoms with E-state index in [0.717, 1.165) is 18.0 Å². The third-order valence-corrected chi connectivity index (χ3v) is 3.55. The molecule has 1 heterocycles. The summed E-state index contributed by atoms with van der Waals surface area (Å²) in [6.45, 7) is 10.0. The Labute approximate surface area is 114 Å². The van der Waals surface area contributed by atoms with E-state index < -0.39 is 6.04 Å². The molecule has 0 fully saturated rings. The minimum atomic E-state index is -0.512. The summed E-state index contributed by atoms with van der Waals surface area (Å²) >= 11 is 1.54. The summed E-state index contributed by atoms with van der Waals surface area (Å²) in [5, 5.41) is 1.96. The van der Waals surface area contributed by atoms with Crippen LogP contribution in [0.2, 0.25) is 0 Å². The average Bonchev–Trinajstić information content (AvgIpc) is 2.78. The van der Waals surface area contributed by atoms with Gasteiger partial charge in [-0.25, -0.2) is 0 Å². The topological polar surface area (TPSA) is 46.3 Å². The van der Waals surface area contributed by atoms with Crippen LogP contribution in [-0.2, 0) is 4.79 Å². The molecule has 1 unspecified atom stereocenters. The first-order chi connectivity index (χ1) is 8.41. The van der Waals surface area contributed by atoms with Gasteiger partial charge in [-0.3, -0.25) is 4.79 Å². The first-order valence-electron chi connectivity index (χ1n) is 6.49. The number of carbonyl (C=O) groups excluding carboxylic acids is 1. The van der Waals surface area contributed by atoms with Gasteiger partial charge in [0.15, 0.2) is 0 Å². The summed E-state index contributed by atoms with van der Waals surface area (Å²) in [6.07, 6.45) is 0. The maximum Gasteiger partial charge on any atom is 0.244 e. The Morgan fingerprint density at radius 2 is 1.83 bits per heavy atom. The number of nitrogens with zero attached hydrogens (tertiary/aromatic N) is 1. The first-order valence-corrected chi connectivity index (χ1v) is 7.37. The van der Waals surface area contributed by atoms with Crippen molar-refractivity contribution in [2.75, 3.05) is 13.1 Å². The van der Waals surface area contributed by atoms with E-state index in [0.29, 0.717) is 11.8 Å². The predicted octanol–water partition coefficient (Wildman–Crippen LogP) is 2.89. The highest BCUT2D eigenvalue weighted by Crippen LogP contribution is 2.20. The summed E-state index contributed by atoms with van der Waals surface area (Å²) in [5.74, 6) is 0.964. The Hall–Kier alpha value is -0.870. The molecule has 0 radical (unpaired) electrons.